The SMILES string of the molecule is COC(=O)c1ccccc1C(=O)NCCCCCCN. The van der Waals surface area contributed by atoms with Crippen molar-refractivity contribution < 1.29 is 14.3 Å². The maximum absolute atomic E-state index is 12.0. The van der Waals surface area contributed by atoms with Crippen molar-refractivity contribution in [1.29, 1.82) is 0 Å². The van der Waals surface area contributed by atoms with Crippen LogP contribution in [0.1, 0.15) is 46.4 Å². The van der Waals surface area contributed by atoms with Crippen molar-refractivity contribution in [3.63, 3.8) is 0 Å². The van der Waals surface area contributed by atoms with Crippen molar-refractivity contribution in [2.24, 2.45) is 5.73 Å². The number of hydrogen-bond acceptors (Lipinski definition) is 4. The van der Waals surface area contributed by atoms with Crippen LogP contribution < -0.4 is 11.1 Å². The Bertz CT molecular complexity index is 446. The average molecular weight is 278 g/mol. The van der Waals surface area contributed by atoms with Gasteiger partial charge in [-0.3, -0.25) is 4.79 Å². The number of carbonyl (C=O) groups is 2. The molecule has 1 amide bonds. The highest BCUT2D eigenvalue weighted by Crippen LogP contribution is 2.10. The van der Waals surface area contributed by atoms with Gasteiger partial charge in [0.15, 0.2) is 0 Å². The maximum Gasteiger partial charge on any atom is 0.338 e. The van der Waals surface area contributed by atoms with Crippen LogP contribution in [0.15, 0.2) is 24.3 Å². The highest BCUT2D eigenvalue weighted by Gasteiger charge is 2.16. The minimum atomic E-state index is -0.501. The third-order valence-corrected chi connectivity index (χ3v) is 2.99. The van der Waals surface area contributed by atoms with Crippen LogP contribution in [0.3, 0.4) is 0 Å². The molecule has 1 aromatic carbocycles. The Labute approximate surface area is 119 Å². The molecule has 0 unspecified atom stereocenters. The van der Waals surface area contributed by atoms with Crippen LogP contribution in [0.5, 0.6) is 0 Å². The molecule has 0 spiro atoms. The molecule has 0 aliphatic heterocycles. The second kappa shape index (κ2) is 9.09. The van der Waals surface area contributed by atoms with E-state index in [2.05, 4.69) is 10.1 Å². The molecule has 0 atom stereocenters. The van der Waals surface area contributed by atoms with Gasteiger partial charge < -0.3 is 15.8 Å². The first-order chi connectivity index (χ1) is 9.70. The molecule has 1 aromatic rings. The van der Waals surface area contributed by atoms with Gasteiger partial charge >= 0.3 is 5.97 Å². The number of rotatable bonds is 8. The second-order valence-corrected chi connectivity index (χ2v) is 4.50. The molecular formula is C15H22N2O3. The molecule has 0 heterocycles. The average Bonchev–Trinajstić information content (AvgIpc) is 2.49. The van der Waals surface area contributed by atoms with E-state index in [1.807, 2.05) is 0 Å². The van der Waals surface area contributed by atoms with Gasteiger partial charge in [-0.15, -0.1) is 0 Å². The summed E-state index contributed by atoms with van der Waals surface area (Å²) in [6.45, 7) is 1.30. The highest BCUT2D eigenvalue weighted by atomic mass is 16.5. The van der Waals surface area contributed by atoms with Gasteiger partial charge in [-0.1, -0.05) is 25.0 Å². The number of ether oxygens (including phenoxy) is 1. The number of carbonyl (C=O) groups excluding carboxylic acids is 2. The van der Waals surface area contributed by atoms with E-state index in [0.717, 1.165) is 25.7 Å². The van der Waals surface area contributed by atoms with E-state index in [9.17, 15) is 9.59 Å². The molecule has 1 rings (SSSR count). The molecule has 0 fully saturated rings. The molecule has 0 aromatic heterocycles. The number of methoxy groups -OCH3 is 1. The van der Waals surface area contributed by atoms with Gasteiger partial charge in [0.1, 0.15) is 0 Å². The van der Waals surface area contributed by atoms with Crippen molar-refractivity contribution in [2.75, 3.05) is 20.2 Å². The summed E-state index contributed by atoms with van der Waals surface area (Å²) < 4.78 is 4.67. The van der Waals surface area contributed by atoms with E-state index in [0.29, 0.717) is 18.7 Å². The first-order valence-electron chi connectivity index (χ1n) is 6.86. The Balaban J connectivity index is 2.49. The maximum atomic E-state index is 12.0. The fourth-order valence-electron chi connectivity index (χ4n) is 1.89. The van der Waals surface area contributed by atoms with Crippen LogP contribution in [-0.2, 0) is 4.74 Å². The lowest BCUT2D eigenvalue weighted by Gasteiger charge is -2.08. The van der Waals surface area contributed by atoms with Gasteiger partial charge in [-0.2, -0.15) is 0 Å². The second-order valence-electron chi connectivity index (χ2n) is 4.50. The lowest BCUT2D eigenvalue weighted by molar-refractivity contribution is 0.0596. The fraction of sp³-hybridized carbons (Fsp3) is 0.467. The molecule has 5 nitrogen and oxygen atoms in total. The smallest absolute Gasteiger partial charge is 0.338 e. The van der Waals surface area contributed by atoms with Crippen LogP contribution in [0.25, 0.3) is 0 Å². The van der Waals surface area contributed by atoms with Crippen molar-refractivity contribution >= 4 is 11.9 Å². The summed E-state index contributed by atoms with van der Waals surface area (Å²) in [4.78, 5) is 23.6. The monoisotopic (exact) mass is 278 g/mol. The quantitative estimate of drug-likeness (QED) is 0.560. The minimum absolute atomic E-state index is 0.246. The number of nitrogens with one attached hydrogen (secondary N) is 1. The van der Waals surface area contributed by atoms with E-state index in [-0.39, 0.29) is 11.5 Å². The van der Waals surface area contributed by atoms with Crippen molar-refractivity contribution in [1.82, 2.24) is 5.32 Å². The highest BCUT2D eigenvalue weighted by molar-refractivity contribution is 6.05. The van der Waals surface area contributed by atoms with Gasteiger partial charge in [0.05, 0.1) is 18.2 Å². The summed E-state index contributed by atoms with van der Waals surface area (Å²) >= 11 is 0. The van der Waals surface area contributed by atoms with Gasteiger partial charge in [0.25, 0.3) is 5.91 Å². The molecule has 5 heteroatoms. The third kappa shape index (κ3) is 5.01. The summed E-state index contributed by atoms with van der Waals surface area (Å²) in [5, 5.41) is 2.82. The predicted octanol–water partition coefficient (Wildman–Crippen LogP) is 1.72. The van der Waals surface area contributed by atoms with Crippen LogP contribution in [0.2, 0.25) is 0 Å². The molecule has 0 bridgehead atoms. The molecule has 20 heavy (non-hydrogen) atoms. The summed E-state index contributed by atoms with van der Waals surface area (Å²) in [6.07, 6.45) is 4.03. The fourth-order valence-corrected chi connectivity index (χ4v) is 1.89. The van der Waals surface area contributed by atoms with Crippen molar-refractivity contribution in [3.8, 4) is 0 Å². The number of esters is 1. The van der Waals surface area contributed by atoms with Gasteiger partial charge in [-0.25, -0.2) is 4.79 Å². The molecule has 110 valence electrons. The van der Waals surface area contributed by atoms with Gasteiger partial charge in [-0.05, 0) is 31.5 Å². The first-order valence-corrected chi connectivity index (χ1v) is 6.86. The zero-order valence-corrected chi connectivity index (χ0v) is 11.9. The Morgan fingerprint density at radius 2 is 1.75 bits per heavy atom. The van der Waals surface area contributed by atoms with Gasteiger partial charge in [0.2, 0.25) is 0 Å². The number of benzene rings is 1. The third-order valence-electron chi connectivity index (χ3n) is 2.99. The van der Waals surface area contributed by atoms with E-state index < -0.39 is 5.97 Å². The molecule has 0 radical (unpaired) electrons. The number of hydrogen-bond donors (Lipinski definition) is 2. The largest absolute Gasteiger partial charge is 0.465 e. The number of amides is 1. The standard InChI is InChI=1S/C15H22N2O3/c1-20-15(19)13-9-5-4-8-12(13)14(18)17-11-7-3-2-6-10-16/h4-5,8-9H,2-3,6-7,10-11,16H2,1H3,(H,17,18). The molecule has 0 saturated heterocycles. The first kappa shape index (κ1) is 16.2. The molecule has 0 saturated carbocycles. The van der Waals surface area contributed by atoms with E-state index in [1.54, 1.807) is 24.3 Å². The molecule has 0 aliphatic carbocycles. The minimum Gasteiger partial charge on any atom is -0.465 e. The number of nitrogens with two attached hydrogens (primary N) is 1. The summed E-state index contributed by atoms with van der Waals surface area (Å²) in [7, 11) is 1.30. The van der Waals surface area contributed by atoms with E-state index in [1.165, 1.54) is 7.11 Å². The van der Waals surface area contributed by atoms with Crippen LogP contribution in [0, 0.1) is 0 Å². The predicted molar refractivity (Wildman–Crippen MR) is 77.6 cm³/mol. The van der Waals surface area contributed by atoms with Crippen LogP contribution >= 0.6 is 0 Å². The van der Waals surface area contributed by atoms with E-state index >= 15 is 0 Å². The normalized spacial score (nSPS) is 10.1. The Kier molecular flexibility index (Phi) is 7.35. The Hall–Kier alpha value is -1.88. The lowest BCUT2D eigenvalue weighted by Crippen LogP contribution is -2.26. The van der Waals surface area contributed by atoms with E-state index in [4.69, 9.17) is 5.73 Å². The zero-order valence-electron chi connectivity index (χ0n) is 11.9. The Morgan fingerprint density at radius 3 is 2.40 bits per heavy atom. The van der Waals surface area contributed by atoms with Crippen LogP contribution in [-0.4, -0.2) is 32.1 Å². The van der Waals surface area contributed by atoms with Crippen LogP contribution in [0.4, 0.5) is 0 Å². The lowest BCUT2D eigenvalue weighted by atomic mass is 10.1. The zero-order chi connectivity index (χ0) is 14.8. The summed E-state index contributed by atoms with van der Waals surface area (Å²) in [6, 6.07) is 6.64. The molecular weight excluding hydrogens is 256 g/mol. The van der Waals surface area contributed by atoms with Crippen molar-refractivity contribution in [2.45, 2.75) is 25.7 Å². The summed E-state index contributed by atoms with van der Waals surface area (Å²) in [5.41, 5.74) is 6.05. The number of unbranched alkanes of at least 4 members (excludes halogenated alkanes) is 3. The molecule has 0 aliphatic rings. The topological polar surface area (TPSA) is 81.4 Å². The summed E-state index contributed by atoms with van der Waals surface area (Å²) in [5.74, 6) is -0.747. The Morgan fingerprint density at radius 1 is 1.10 bits per heavy atom. The molecule has 3 N–H and O–H groups in total. The van der Waals surface area contributed by atoms with Crippen molar-refractivity contribution in [3.05, 3.63) is 35.4 Å². The van der Waals surface area contributed by atoms with Gasteiger partial charge in [0, 0.05) is 6.54 Å².